The van der Waals surface area contributed by atoms with Crippen molar-refractivity contribution < 1.29 is 4.74 Å². The van der Waals surface area contributed by atoms with Gasteiger partial charge in [-0.05, 0) is 25.8 Å². The summed E-state index contributed by atoms with van der Waals surface area (Å²) in [7, 11) is 1.74. The Morgan fingerprint density at radius 1 is 1.44 bits per heavy atom. The first-order valence-electron chi connectivity index (χ1n) is 6.63. The van der Waals surface area contributed by atoms with Crippen LogP contribution in [0.25, 0.3) is 0 Å². The molecule has 1 aliphatic rings. The molecule has 18 heavy (non-hydrogen) atoms. The molecule has 0 aliphatic heterocycles. The fourth-order valence-electron chi connectivity index (χ4n) is 2.41. The van der Waals surface area contributed by atoms with Crippen molar-refractivity contribution in [1.82, 2.24) is 15.1 Å². The van der Waals surface area contributed by atoms with E-state index in [0.29, 0.717) is 6.04 Å². The Labute approximate surface area is 115 Å². The number of methoxy groups -OCH3 is 1. The molecule has 0 atom stereocenters. The molecule has 4 nitrogen and oxygen atoms in total. The van der Waals surface area contributed by atoms with Crippen molar-refractivity contribution in [3.8, 4) is 0 Å². The van der Waals surface area contributed by atoms with E-state index in [4.69, 9.17) is 4.74 Å². The fourth-order valence-corrected chi connectivity index (χ4v) is 2.41. The van der Waals surface area contributed by atoms with Crippen LogP contribution < -0.4 is 5.32 Å². The molecule has 1 fully saturated rings. The molecular formula is C13H24ClN3O. The average molecular weight is 274 g/mol. The van der Waals surface area contributed by atoms with Crippen LogP contribution in [0.5, 0.6) is 0 Å². The highest BCUT2D eigenvalue weighted by molar-refractivity contribution is 5.85. The largest absolute Gasteiger partial charge is 0.385 e. The standard InChI is InChI=1S/C13H23N3O.ClH/c1-17-8-4-7-14-9-12-10-15-16(11-12)13-5-2-3-6-13;/h10-11,13-14H,2-9H2,1H3;1H. The molecule has 1 heterocycles. The van der Waals surface area contributed by atoms with Gasteiger partial charge in [-0.1, -0.05) is 12.8 Å². The van der Waals surface area contributed by atoms with Crippen LogP contribution in [0.3, 0.4) is 0 Å². The molecule has 1 aromatic heterocycles. The maximum absolute atomic E-state index is 5.01. The summed E-state index contributed by atoms with van der Waals surface area (Å²) in [6.07, 6.45) is 10.5. The van der Waals surface area contributed by atoms with Gasteiger partial charge in [0.25, 0.3) is 0 Å². The van der Waals surface area contributed by atoms with Crippen LogP contribution in [0.2, 0.25) is 0 Å². The summed E-state index contributed by atoms with van der Waals surface area (Å²) in [6.45, 7) is 2.74. The average Bonchev–Trinajstić information content (AvgIpc) is 2.99. The number of halogens is 1. The van der Waals surface area contributed by atoms with Crippen molar-refractivity contribution in [2.45, 2.75) is 44.7 Å². The molecule has 1 N–H and O–H groups in total. The number of rotatable bonds is 7. The number of nitrogens with zero attached hydrogens (tertiary/aromatic N) is 2. The molecule has 5 heteroatoms. The van der Waals surface area contributed by atoms with E-state index in [1.807, 2.05) is 6.20 Å². The van der Waals surface area contributed by atoms with Crippen molar-refractivity contribution in [1.29, 1.82) is 0 Å². The number of hydrogen-bond donors (Lipinski definition) is 1. The third-order valence-corrected chi connectivity index (χ3v) is 3.38. The minimum Gasteiger partial charge on any atom is -0.385 e. The lowest BCUT2D eigenvalue weighted by atomic mass is 10.2. The van der Waals surface area contributed by atoms with E-state index in [1.54, 1.807) is 7.11 Å². The van der Waals surface area contributed by atoms with Gasteiger partial charge < -0.3 is 10.1 Å². The molecule has 0 aromatic carbocycles. The van der Waals surface area contributed by atoms with Gasteiger partial charge >= 0.3 is 0 Å². The lowest BCUT2D eigenvalue weighted by Gasteiger charge is -2.08. The zero-order chi connectivity index (χ0) is 11.9. The molecule has 0 unspecified atom stereocenters. The van der Waals surface area contributed by atoms with Gasteiger partial charge in [-0.25, -0.2) is 0 Å². The Morgan fingerprint density at radius 2 is 2.22 bits per heavy atom. The Hall–Kier alpha value is -0.580. The summed E-state index contributed by atoms with van der Waals surface area (Å²) in [5, 5.41) is 7.87. The predicted octanol–water partition coefficient (Wildman–Crippen LogP) is 2.55. The molecule has 0 radical (unpaired) electrons. The van der Waals surface area contributed by atoms with E-state index < -0.39 is 0 Å². The van der Waals surface area contributed by atoms with Crippen LogP contribution in [0.1, 0.15) is 43.7 Å². The van der Waals surface area contributed by atoms with Gasteiger partial charge in [0, 0.05) is 32.0 Å². The third-order valence-electron chi connectivity index (χ3n) is 3.38. The maximum atomic E-state index is 5.01. The van der Waals surface area contributed by atoms with Crippen molar-refractivity contribution >= 4 is 12.4 Å². The number of aromatic nitrogens is 2. The molecule has 0 saturated heterocycles. The van der Waals surface area contributed by atoms with E-state index in [2.05, 4.69) is 21.3 Å². The van der Waals surface area contributed by atoms with Crippen molar-refractivity contribution in [2.75, 3.05) is 20.3 Å². The van der Waals surface area contributed by atoms with Crippen LogP contribution in [0.4, 0.5) is 0 Å². The second kappa shape index (κ2) is 8.51. The van der Waals surface area contributed by atoms with Crippen LogP contribution in [-0.4, -0.2) is 30.0 Å². The van der Waals surface area contributed by atoms with E-state index >= 15 is 0 Å². The second-order valence-electron chi connectivity index (χ2n) is 4.79. The molecule has 104 valence electrons. The Kier molecular flexibility index (Phi) is 7.32. The lowest BCUT2D eigenvalue weighted by Crippen LogP contribution is -2.15. The highest BCUT2D eigenvalue weighted by Crippen LogP contribution is 2.28. The maximum Gasteiger partial charge on any atom is 0.0534 e. The summed E-state index contributed by atoms with van der Waals surface area (Å²) in [6, 6.07) is 0.650. The zero-order valence-corrected chi connectivity index (χ0v) is 11.9. The Morgan fingerprint density at radius 3 is 2.94 bits per heavy atom. The monoisotopic (exact) mass is 273 g/mol. The summed E-state index contributed by atoms with van der Waals surface area (Å²) < 4.78 is 7.16. The second-order valence-corrected chi connectivity index (χ2v) is 4.79. The first kappa shape index (κ1) is 15.5. The summed E-state index contributed by atoms with van der Waals surface area (Å²) >= 11 is 0. The summed E-state index contributed by atoms with van der Waals surface area (Å²) in [5.41, 5.74) is 1.29. The minimum atomic E-state index is 0. The number of nitrogens with one attached hydrogen (secondary N) is 1. The molecule has 0 amide bonds. The first-order valence-corrected chi connectivity index (χ1v) is 6.63. The first-order chi connectivity index (χ1) is 8.40. The lowest BCUT2D eigenvalue weighted by molar-refractivity contribution is 0.194. The Bertz CT molecular complexity index is 324. The van der Waals surface area contributed by atoms with Gasteiger partial charge in [0.15, 0.2) is 0 Å². The summed E-state index contributed by atoms with van der Waals surface area (Å²) in [5.74, 6) is 0. The summed E-state index contributed by atoms with van der Waals surface area (Å²) in [4.78, 5) is 0. The van der Waals surface area contributed by atoms with Gasteiger partial charge in [0.05, 0.1) is 12.2 Å². The van der Waals surface area contributed by atoms with Gasteiger partial charge in [-0.2, -0.15) is 5.10 Å². The molecule has 1 saturated carbocycles. The van der Waals surface area contributed by atoms with Gasteiger partial charge in [0.1, 0.15) is 0 Å². The molecule has 2 rings (SSSR count). The van der Waals surface area contributed by atoms with E-state index in [9.17, 15) is 0 Å². The molecular weight excluding hydrogens is 250 g/mol. The van der Waals surface area contributed by atoms with E-state index in [0.717, 1.165) is 26.1 Å². The van der Waals surface area contributed by atoms with Crippen LogP contribution in [0.15, 0.2) is 12.4 Å². The minimum absolute atomic E-state index is 0. The smallest absolute Gasteiger partial charge is 0.0534 e. The fraction of sp³-hybridized carbons (Fsp3) is 0.769. The van der Waals surface area contributed by atoms with Gasteiger partial charge in [-0.15, -0.1) is 12.4 Å². The number of ether oxygens (including phenoxy) is 1. The van der Waals surface area contributed by atoms with Crippen molar-refractivity contribution in [3.05, 3.63) is 18.0 Å². The van der Waals surface area contributed by atoms with Crippen molar-refractivity contribution in [3.63, 3.8) is 0 Å². The molecule has 1 aliphatic carbocycles. The van der Waals surface area contributed by atoms with E-state index in [1.165, 1.54) is 31.2 Å². The normalized spacial score (nSPS) is 15.8. The third kappa shape index (κ3) is 4.59. The van der Waals surface area contributed by atoms with Crippen LogP contribution >= 0.6 is 12.4 Å². The van der Waals surface area contributed by atoms with Gasteiger partial charge in [0.2, 0.25) is 0 Å². The predicted molar refractivity (Wildman–Crippen MR) is 75.2 cm³/mol. The van der Waals surface area contributed by atoms with Gasteiger partial charge in [-0.3, -0.25) is 4.68 Å². The Balaban J connectivity index is 0.00000162. The van der Waals surface area contributed by atoms with Crippen LogP contribution in [0, 0.1) is 0 Å². The van der Waals surface area contributed by atoms with Crippen molar-refractivity contribution in [2.24, 2.45) is 0 Å². The zero-order valence-electron chi connectivity index (χ0n) is 11.1. The highest BCUT2D eigenvalue weighted by atomic mass is 35.5. The molecule has 1 aromatic rings. The van der Waals surface area contributed by atoms with E-state index in [-0.39, 0.29) is 12.4 Å². The molecule has 0 bridgehead atoms. The molecule has 0 spiro atoms. The SMILES string of the molecule is COCCCNCc1cnn(C2CCCC2)c1.Cl. The topological polar surface area (TPSA) is 39.1 Å². The number of hydrogen-bond acceptors (Lipinski definition) is 3. The quantitative estimate of drug-likeness (QED) is 0.776. The highest BCUT2D eigenvalue weighted by Gasteiger charge is 2.17. The van der Waals surface area contributed by atoms with Crippen LogP contribution in [-0.2, 0) is 11.3 Å².